The number of benzene rings is 1. The third kappa shape index (κ3) is 4.09. The molecule has 3 rings (SSSR count). The summed E-state index contributed by atoms with van der Waals surface area (Å²) in [6.07, 6.45) is 5.28. The molecule has 0 unspecified atom stereocenters. The number of nitrogens with zero attached hydrogens (tertiary/aromatic N) is 4. The van der Waals surface area contributed by atoms with Gasteiger partial charge in [0.05, 0.1) is 11.3 Å². The number of hydrogen-bond acceptors (Lipinski definition) is 4. The first-order valence-electron chi connectivity index (χ1n) is 9.09. The summed E-state index contributed by atoms with van der Waals surface area (Å²) in [7, 11) is 0. The molecule has 138 valence electrons. The maximum Gasteiger partial charge on any atom is 0.337 e. The number of amides is 1. The van der Waals surface area contributed by atoms with Gasteiger partial charge in [-0.2, -0.15) is 5.10 Å². The Bertz CT molecular complexity index is 792. The first-order chi connectivity index (χ1) is 12.6. The molecule has 0 radical (unpaired) electrons. The van der Waals surface area contributed by atoms with E-state index >= 15 is 0 Å². The van der Waals surface area contributed by atoms with Crippen LogP contribution in [0.15, 0.2) is 24.3 Å². The molecule has 1 aromatic heterocycles. The fourth-order valence-electron chi connectivity index (χ4n) is 3.35. The molecule has 0 aliphatic carbocycles. The monoisotopic (exact) mass is 356 g/mol. The summed E-state index contributed by atoms with van der Waals surface area (Å²) in [5.41, 5.74) is 0.635. The smallest absolute Gasteiger partial charge is 0.337 e. The third-order valence-electron chi connectivity index (χ3n) is 4.66. The van der Waals surface area contributed by atoms with Gasteiger partial charge in [-0.05, 0) is 31.9 Å². The van der Waals surface area contributed by atoms with E-state index in [1.54, 1.807) is 35.9 Å². The number of aromatic carboxylic acids is 1. The number of hydrogen-bond donors (Lipinski definition) is 1. The van der Waals surface area contributed by atoms with Crippen molar-refractivity contribution in [3.63, 3.8) is 0 Å². The van der Waals surface area contributed by atoms with Gasteiger partial charge in [-0.1, -0.05) is 25.0 Å². The van der Waals surface area contributed by atoms with E-state index in [0.29, 0.717) is 30.2 Å². The predicted octanol–water partition coefficient (Wildman–Crippen LogP) is 2.61. The Morgan fingerprint density at radius 2 is 1.81 bits per heavy atom. The molecule has 26 heavy (non-hydrogen) atoms. The quantitative estimate of drug-likeness (QED) is 0.890. The van der Waals surface area contributed by atoms with Crippen LogP contribution in [0.5, 0.6) is 0 Å². The third-order valence-corrected chi connectivity index (χ3v) is 4.66. The number of likely N-dealkylation sites (tertiary alicyclic amines) is 1. The fourth-order valence-corrected chi connectivity index (χ4v) is 3.35. The molecule has 1 saturated heterocycles. The molecule has 0 atom stereocenters. The average molecular weight is 356 g/mol. The zero-order chi connectivity index (χ0) is 18.5. The van der Waals surface area contributed by atoms with Crippen LogP contribution in [0.3, 0.4) is 0 Å². The van der Waals surface area contributed by atoms with Crippen molar-refractivity contribution in [2.45, 2.75) is 45.4 Å². The standard InChI is InChI=1S/C19H24N4O3/c1-14-20-17(10-11-18(24)22-12-6-2-3-7-13-22)23(21-14)16-9-5-4-8-15(16)19(25)26/h4-5,8-9H,2-3,6-7,10-13H2,1H3,(H,25,26). The molecule has 0 saturated carbocycles. The van der Waals surface area contributed by atoms with Crippen molar-refractivity contribution in [3.05, 3.63) is 41.5 Å². The van der Waals surface area contributed by atoms with Gasteiger partial charge in [0.25, 0.3) is 0 Å². The number of aromatic nitrogens is 3. The van der Waals surface area contributed by atoms with Crippen LogP contribution in [0.1, 0.15) is 54.1 Å². The lowest BCUT2D eigenvalue weighted by atomic mass is 10.1. The summed E-state index contributed by atoms with van der Waals surface area (Å²) < 4.78 is 1.55. The molecule has 2 aromatic rings. The molecule has 1 fully saturated rings. The van der Waals surface area contributed by atoms with Crippen LogP contribution in [0.25, 0.3) is 5.69 Å². The van der Waals surface area contributed by atoms with E-state index in [0.717, 1.165) is 25.9 Å². The fraction of sp³-hybridized carbons (Fsp3) is 0.474. The average Bonchev–Trinajstić information content (AvgIpc) is 2.83. The van der Waals surface area contributed by atoms with E-state index in [9.17, 15) is 14.7 Å². The molecule has 1 aliphatic rings. The number of carbonyl (C=O) groups excluding carboxylic acids is 1. The predicted molar refractivity (Wildman–Crippen MR) is 96.4 cm³/mol. The van der Waals surface area contributed by atoms with Crippen molar-refractivity contribution in [1.29, 1.82) is 0 Å². The maximum atomic E-state index is 12.5. The van der Waals surface area contributed by atoms with Crippen LogP contribution in [0.2, 0.25) is 0 Å². The van der Waals surface area contributed by atoms with Crippen LogP contribution in [0.4, 0.5) is 0 Å². The van der Waals surface area contributed by atoms with Crippen LogP contribution < -0.4 is 0 Å². The second kappa shape index (κ2) is 8.12. The van der Waals surface area contributed by atoms with Gasteiger partial charge in [0, 0.05) is 25.9 Å². The molecule has 1 aromatic carbocycles. The number of para-hydroxylation sites is 1. The van der Waals surface area contributed by atoms with Crippen molar-refractivity contribution in [1.82, 2.24) is 19.7 Å². The van der Waals surface area contributed by atoms with Crippen LogP contribution in [-0.4, -0.2) is 49.7 Å². The minimum atomic E-state index is -1.01. The zero-order valence-electron chi connectivity index (χ0n) is 15.0. The summed E-state index contributed by atoms with van der Waals surface area (Å²) in [5.74, 6) is 0.285. The molecule has 1 N–H and O–H groups in total. The normalized spacial score (nSPS) is 14.9. The largest absolute Gasteiger partial charge is 0.478 e. The van der Waals surface area contributed by atoms with Crippen molar-refractivity contribution < 1.29 is 14.7 Å². The van der Waals surface area contributed by atoms with E-state index in [2.05, 4.69) is 10.1 Å². The molecule has 1 amide bonds. The number of carbonyl (C=O) groups is 2. The molecule has 1 aliphatic heterocycles. The summed E-state index contributed by atoms with van der Waals surface area (Å²) in [4.78, 5) is 30.4. The Balaban J connectivity index is 1.78. The molecule has 0 spiro atoms. The van der Waals surface area contributed by atoms with E-state index in [1.165, 1.54) is 12.8 Å². The zero-order valence-corrected chi connectivity index (χ0v) is 15.0. The first kappa shape index (κ1) is 18.1. The second-order valence-corrected chi connectivity index (χ2v) is 6.60. The number of aryl methyl sites for hydroxylation is 2. The van der Waals surface area contributed by atoms with Gasteiger partial charge in [-0.25, -0.2) is 14.5 Å². The molecular formula is C19H24N4O3. The summed E-state index contributed by atoms with van der Waals surface area (Å²) in [6.45, 7) is 3.42. The highest BCUT2D eigenvalue weighted by molar-refractivity contribution is 5.91. The van der Waals surface area contributed by atoms with Gasteiger partial charge < -0.3 is 10.0 Å². The van der Waals surface area contributed by atoms with Crippen molar-refractivity contribution in [2.75, 3.05) is 13.1 Å². The Kier molecular flexibility index (Phi) is 5.65. The van der Waals surface area contributed by atoms with Gasteiger partial charge >= 0.3 is 5.97 Å². The lowest BCUT2D eigenvalue weighted by Crippen LogP contribution is -2.32. The molecule has 2 heterocycles. The summed E-state index contributed by atoms with van der Waals surface area (Å²) in [6, 6.07) is 6.70. The van der Waals surface area contributed by atoms with Gasteiger partial charge in [0.15, 0.2) is 0 Å². The minimum Gasteiger partial charge on any atom is -0.478 e. The lowest BCUT2D eigenvalue weighted by molar-refractivity contribution is -0.131. The Hall–Kier alpha value is -2.70. The lowest BCUT2D eigenvalue weighted by Gasteiger charge is -2.20. The van der Waals surface area contributed by atoms with Gasteiger partial charge in [0.2, 0.25) is 5.91 Å². The molecule has 7 nitrogen and oxygen atoms in total. The highest BCUT2D eigenvalue weighted by atomic mass is 16.4. The summed E-state index contributed by atoms with van der Waals surface area (Å²) >= 11 is 0. The Labute approximate surface area is 152 Å². The van der Waals surface area contributed by atoms with Crippen LogP contribution in [0, 0.1) is 6.92 Å². The van der Waals surface area contributed by atoms with Crippen LogP contribution in [-0.2, 0) is 11.2 Å². The van der Waals surface area contributed by atoms with Gasteiger partial charge in [-0.3, -0.25) is 4.79 Å². The van der Waals surface area contributed by atoms with Gasteiger partial charge in [-0.15, -0.1) is 0 Å². The SMILES string of the molecule is Cc1nc(CCC(=O)N2CCCCCC2)n(-c2ccccc2C(=O)O)n1. The second-order valence-electron chi connectivity index (χ2n) is 6.60. The van der Waals surface area contributed by atoms with Crippen LogP contribution >= 0.6 is 0 Å². The van der Waals surface area contributed by atoms with Crippen molar-refractivity contribution in [3.8, 4) is 5.69 Å². The molecule has 0 bridgehead atoms. The minimum absolute atomic E-state index is 0.130. The van der Waals surface area contributed by atoms with Crippen molar-refractivity contribution >= 4 is 11.9 Å². The van der Waals surface area contributed by atoms with E-state index in [1.807, 2.05) is 4.90 Å². The van der Waals surface area contributed by atoms with Gasteiger partial charge in [0.1, 0.15) is 11.6 Å². The van der Waals surface area contributed by atoms with E-state index in [-0.39, 0.29) is 11.5 Å². The number of carboxylic acid groups (broad SMARTS) is 1. The van der Waals surface area contributed by atoms with E-state index in [4.69, 9.17) is 0 Å². The molecule has 7 heteroatoms. The molecular weight excluding hydrogens is 332 g/mol. The topological polar surface area (TPSA) is 88.3 Å². The number of rotatable bonds is 5. The first-order valence-corrected chi connectivity index (χ1v) is 9.09. The highest BCUT2D eigenvalue weighted by Gasteiger charge is 2.19. The van der Waals surface area contributed by atoms with Crippen molar-refractivity contribution in [2.24, 2.45) is 0 Å². The Morgan fingerprint density at radius 3 is 2.50 bits per heavy atom. The number of carboxylic acids is 1. The maximum absolute atomic E-state index is 12.5. The van der Waals surface area contributed by atoms with E-state index < -0.39 is 5.97 Å². The Morgan fingerprint density at radius 1 is 1.12 bits per heavy atom. The highest BCUT2D eigenvalue weighted by Crippen LogP contribution is 2.18. The summed E-state index contributed by atoms with van der Waals surface area (Å²) in [5, 5.41) is 13.8.